The SMILES string of the molecule is Cc1ccc(N2CC(CC(=O)O)NCC2=O)cc1Br. The normalized spacial score (nSPS) is 19.6. The summed E-state index contributed by atoms with van der Waals surface area (Å²) in [5, 5.41) is 11.8. The Morgan fingerprint density at radius 1 is 1.58 bits per heavy atom. The smallest absolute Gasteiger partial charge is 0.304 e. The number of amides is 1. The van der Waals surface area contributed by atoms with Gasteiger partial charge in [-0.05, 0) is 24.6 Å². The van der Waals surface area contributed by atoms with Crippen LogP contribution in [-0.2, 0) is 9.59 Å². The van der Waals surface area contributed by atoms with Crippen molar-refractivity contribution in [1.29, 1.82) is 0 Å². The highest BCUT2D eigenvalue weighted by Gasteiger charge is 2.27. The van der Waals surface area contributed by atoms with Gasteiger partial charge in [0.15, 0.2) is 0 Å². The predicted octanol–water partition coefficient (Wildman–Crippen LogP) is 1.54. The number of hydrogen-bond acceptors (Lipinski definition) is 3. The molecule has 2 rings (SSSR count). The van der Waals surface area contributed by atoms with E-state index in [1.165, 1.54) is 0 Å². The van der Waals surface area contributed by atoms with Crippen LogP contribution in [0, 0.1) is 6.92 Å². The van der Waals surface area contributed by atoms with Gasteiger partial charge in [-0.2, -0.15) is 0 Å². The number of halogens is 1. The standard InChI is InChI=1S/C13H15BrN2O3/c1-8-2-3-10(5-11(8)14)16-7-9(4-13(18)19)15-6-12(16)17/h2-3,5,9,15H,4,6-7H2,1H3,(H,18,19). The van der Waals surface area contributed by atoms with Crippen LogP contribution in [0.4, 0.5) is 5.69 Å². The summed E-state index contributed by atoms with van der Waals surface area (Å²) < 4.78 is 0.936. The molecule has 0 aliphatic carbocycles. The Hall–Kier alpha value is -1.40. The summed E-state index contributed by atoms with van der Waals surface area (Å²) in [6.07, 6.45) is 0.0107. The number of nitrogens with zero attached hydrogens (tertiary/aromatic N) is 1. The average molecular weight is 327 g/mol. The zero-order valence-corrected chi connectivity index (χ0v) is 12.1. The van der Waals surface area contributed by atoms with Crippen LogP contribution in [0.15, 0.2) is 22.7 Å². The molecule has 102 valence electrons. The molecular weight excluding hydrogens is 312 g/mol. The van der Waals surface area contributed by atoms with Gasteiger partial charge < -0.3 is 15.3 Å². The Morgan fingerprint density at radius 3 is 2.95 bits per heavy atom. The Morgan fingerprint density at radius 2 is 2.32 bits per heavy atom. The number of aryl methyl sites for hydroxylation is 1. The van der Waals surface area contributed by atoms with Gasteiger partial charge in [-0.1, -0.05) is 22.0 Å². The molecule has 0 radical (unpaired) electrons. The van der Waals surface area contributed by atoms with E-state index in [1.807, 2.05) is 25.1 Å². The molecule has 1 aliphatic heterocycles. The first-order valence-corrected chi connectivity index (χ1v) is 6.78. The van der Waals surface area contributed by atoms with Crippen LogP contribution in [-0.4, -0.2) is 36.1 Å². The highest BCUT2D eigenvalue weighted by atomic mass is 79.9. The number of carboxylic acid groups (broad SMARTS) is 1. The molecule has 19 heavy (non-hydrogen) atoms. The quantitative estimate of drug-likeness (QED) is 0.884. The monoisotopic (exact) mass is 326 g/mol. The van der Waals surface area contributed by atoms with Crippen LogP contribution in [0.25, 0.3) is 0 Å². The van der Waals surface area contributed by atoms with Crippen molar-refractivity contribution in [3.05, 3.63) is 28.2 Å². The third-order valence-electron chi connectivity index (χ3n) is 3.13. The number of anilines is 1. The summed E-state index contributed by atoms with van der Waals surface area (Å²) in [7, 11) is 0. The molecule has 0 bridgehead atoms. The molecule has 1 amide bonds. The summed E-state index contributed by atoms with van der Waals surface area (Å²) in [5.74, 6) is -0.908. The summed E-state index contributed by atoms with van der Waals surface area (Å²) in [6.45, 7) is 2.52. The van der Waals surface area contributed by atoms with E-state index in [0.717, 1.165) is 15.7 Å². The molecule has 5 nitrogen and oxygen atoms in total. The van der Waals surface area contributed by atoms with Crippen molar-refractivity contribution in [3.63, 3.8) is 0 Å². The van der Waals surface area contributed by atoms with Gasteiger partial charge in [0.05, 0.1) is 13.0 Å². The van der Waals surface area contributed by atoms with Crippen molar-refractivity contribution in [2.75, 3.05) is 18.0 Å². The first-order valence-electron chi connectivity index (χ1n) is 5.99. The number of carbonyl (C=O) groups excluding carboxylic acids is 1. The minimum atomic E-state index is -0.864. The Balaban J connectivity index is 2.18. The Kier molecular flexibility index (Phi) is 4.21. The second kappa shape index (κ2) is 5.71. The Labute approximate surface area is 119 Å². The highest BCUT2D eigenvalue weighted by Crippen LogP contribution is 2.25. The van der Waals surface area contributed by atoms with E-state index < -0.39 is 5.97 Å². The topological polar surface area (TPSA) is 69.6 Å². The summed E-state index contributed by atoms with van der Waals surface area (Å²) in [6, 6.07) is 5.48. The molecule has 0 spiro atoms. The molecule has 0 aromatic heterocycles. The van der Waals surface area contributed by atoms with Gasteiger partial charge in [-0.15, -0.1) is 0 Å². The maximum absolute atomic E-state index is 11.9. The maximum atomic E-state index is 11.9. The Bertz CT molecular complexity index is 519. The van der Waals surface area contributed by atoms with Gasteiger partial charge in [-0.3, -0.25) is 9.59 Å². The molecule has 2 N–H and O–H groups in total. The summed E-state index contributed by atoms with van der Waals surface area (Å²) >= 11 is 3.44. The third-order valence-corrected chi connectivity index (χ3v) is 3.99. The van der Waals surface area contributed by atoms with Crippen LogP contribution >= 0.6 is 15.9 Å². The molecule has 1 heterocycles. The third kappa shape index (κ3) is 3.33. The second-order valence-corrected chi connectivity index (χ2v) is 5.47. The van der Waals surface area contributed by atoms with Crippen molar-refractivity contribution in [2.24, 2.45) is 0 Å². The van der Waals surface area contributed by atoms with Gasteiger partial charge in [-0.25, -0.2) is 0 Å². The van der Waals surface area contributed by atoms with E-state index in [1.54, 1.807) is 4.90 Å². The van der Waals surface area contributed by atoms with Crippen LogP contribution in [0.5, 0.6) is 0 Å². The summed E-state index contributed by atoms with van der Waals surface area (Å²) in [5.41, 5.74) is 1.88. The lowest BCUT2D eigenvalue weighted by atomic mass is 10.1. The molecule has 6 heteroatoms. The zero-order valence-electron chi connectivity index (χ0n) is 10.5. The van der Waals surface area contributed by atoms with E-state index in [-0.39, 0.29) is 24.9 Å². The maximum Gasteiger partial charge on any atom is 0.304 e. The van der Waals surface area contributed by atoms with Crippen LogP contribution in [0.3, 0.4) is 0 Å². The minimum absolute atomic E-state index is 0.0107. The molecule has 1 saturated heterocycles. The molecule has 1 aromatic rings. The molecule has 1 aromatic carbocycles. The number of carboxylic acids is 1. The van der Waals surface area contributed by atoms with E-state index >= 15 is 0 Å². The minimum Gasteiger partial charge on any atom is -0.481 e. The zero-order chi connectivity index (χ0) is 14.0. The average Bonchev–Trinajstić information content (AvgIpc) is 2.34. The number of benzene rings is 1. The molecule has 1 atom stereocenters. The lowest BCUT2D eigenvalue weighted by Crippen LogP contribution is -2.54. The van der Waals surface area contributed by atoms with Gasteiger partial charge in [0.1, 0.15) is 0 Å². The van der Waals surface area contributed by atoms with Crippen molar-refractivity contribution >= 4 is 33.5 Å². The molecule has 1 aliphatic rings. The number of carbonyl (C=O) groups is 2. The first-order chi connectivity index (χ1) is 8.97. The fraction of sp³-hybridized carbons (Fsp3) is 0.385. The number of aliphatic carboxylic acids is 1. The van der Waals surface area contributed by atoms with Crippen LogP contribution in [0.1, 0.15) is 12.0 Å². The lowest BCUT2D eigenvalue weighted by Gasteiger charge is -2.33. The van der Waals surface area contributed by atoms with E-state index in [2.05, 4.69) is 21.2 Å². The van der Waals surface area contributed by atoms with E-state index in [4.69, 9.17) is 5.11 Å². The highest BCUT2D eigenvalue weighted by molar-refractivity contribution is 9.10. The number of nitrogens with one attached hydrogen (secondary N) is 1. The van der Waals surface area contributed by atoms with Crippen molar-refractivity contribution < 1.29 is 14.7 Å². The predicted molar refractivity (Wildman–Crippen MR) is 75.3 cm³/mol. The molecule has 1 fully saturated rings. The van der Waals surface area contributed by atoms with Gasteiger partial charge >= 0.3 is 5.97 Å². The number of rotatable bonds is 3. The second-order valence-electron chi connectivity index (χ2n) is 4.61. The summed E-state index contributed by atoms with van der Waals surface area (Å²) in [4.78, 5) is 24.3. The van der Waals surface area contributed by atoms with Gasteiger partial charge in [0.2, 0.25) is 5.91 Å². The van der Waals surface area contributed by atoms with Crippen LogP contribution in [0.2, 0.25) is 0 Å². The van der Waals surface area contributed by atoms with Crippen molar-refractivity contribution in [3.8, 4) is 0 Å². The van der Waals surface area contributed by atoms with Crippen LogP contribution < -0.4 is 10.2 Å². The van der Waals surface area contributed by atoms with E-state index in [0.29, 0.717) is 6.54 Å². The van der Waals surface area contributed by atoms with Gasteiger partial charge in [0, 0.05) is 22.7 Å². The number of hydrogen-bond donors (Lipinski definition) is 2. The van der Waals surface area contributed by atoms with Crippen molar-refractivity contribution in [2.45, 2.75) is 19.4 Å². The van der Waals surface area contributed by atoms with E-state index in [9.17, 15) is 9.59 Å². The molecule has 1 unspecified atom stereocenters. The van der Waals surface area contributed by atoms with Gasteiger partial charge in [0.25, 0.3) is 0 Å². The van der Waals surface area contributed by atoms with Crippen molar-refractivity contribution in [1.82, 2.24) is 5.32 Å². The lowest BCUT2D eigenvalue weighted by molar-refractivity contribution is -0.138. The number of piperazine rings is 1. The first kappa shape index (κ1) is 14.0. The fourth-order valence-corrected chi connectivity index (χ4v) is 2.43. The molecular formula is C13H15BrN2O3. The largest absolute Gasteiger partial charge is 0.481 e. The fourth-order valence-electron chi connectivity index (χ4n) is 2.06. The molecule has 0 saturated carbocycles.